The number of rotatable bonds is 4. The summed E-state index contributed by atoms with van der Waals surface area (Å²) in [6, 6.07) is 16.7. The Bertz CT molecular complexity index is 766. The van der Waals surface area contributed by atoms with Crippen molar-refractivity contribution in [3.8, 4) is 11.5 Å². The molecule has 22 heavy (non-hydrogen) atoms. The first-order valence-electron chi connectivity index (χ1n) is 6.74. The smallest absolute Gasteiger partial charge is 0.265 e. The van der Waals surface area contributed by atoms with Crippen molar-refractivity contribution in [2.75, 3.05) is 0 Å². The zero-order valence-corrected chi connectivity index (χ0v) is 11.7. The molecule has 110 valence electrons. The summed E-state index contributed by atoms with van der Waals surface area (Å²) in [7, 11) is 0. The number of nitrogens with one attached hydrogen (secondary N) is 1. The number of carbonyl (C=O) groups is 1. The average molecular weight is 294 g/mol. The van der Waals surface area contributed by atoms with Crippen LogP contribution in [0.2, 0.25) is 0 Å². The van der Waals surface area contributed by atoms with E-state index in [1.54, 1.807) is 12.1 Å². The minimum absolute atomic E-state index is 0.323. The standard InChI is InChI=1S/C16H14N4O2/c17-18-15(21)12-8-6-11(7-9-12)10-14-19-20-16(22-14)13-4-2-1-3-5-13/h1-9H,10,17H2,(H,18,21). The van der Waals surface area contributed by atoms with Crippen LogP contribution in [-0.4, -0.2) is 16.1 Å². The van der Waals surface area contributed by atoms with Gasteiger partial charge in [0.1, 0.15) is 0 Å². The van der Waals surface area contributed by atoms with Crippen molar-refractivity contribution in [1.29, 1.82) is 0 Å². The molecule has 1 aromatic heterocycles. The van der Waals surface area contributed by atoms with Crippen molar-refractivity contribution < 1.29 is 9.21 Å². The molecule has 0 spiro atoms. The predicted molar refractivity (Wildman–Crippen MR) is 80.6 cm³/mol. The number of hydrogen-bond acceptors (Lipinski definition) is 5. The maximum Gasteiger partial charge on any atom is 0.265 e. The minimum Gasteiger partial charge on any atom is -0.420 e. The second kappa shape index (κ2) is 6.19. The molecule has 0 bridgehead atoms. The van der Waals surface area contributed by atoms with E-state index in [0.717, 1.165) is 11.1 Å². The van der Waals surface area contributed by atoms with Gasteiger partial charge >= 0.3 is 0 Å². The van der Waals surface area contributed by atoms with E-state index < -0.39 is 0 Å². The van der Waals surface area contributed by atoms with E-state index in [4.69, 9.17) is 10.3 Å². The highest BCUT2D eigenvalue weighted by molar-refractivity contribution is 5.93. The van der Waals surface area contributed by atoms with Gasteiger partial charge in [0, 0.05) is 11.1 Å². The maximum atomic E-state index is 11.4. The zero-order valence-electron chi connectivity index (χ0n) is 11.7. The number of hydrogen-bond donors (Lipinski definition) is 2. The van der Waals surface area contributed by atoms with Gasteiger partial charge in [0.15, 0.2) is 0 Å². The Labute approximate surface area is 126 Å². The van der Waals surface area contributed by atoms with E-state index in [2.05, 4.69) is 15.6 Å². The molecule has 6 heteroatoms. The van der Waals surface area contributed by atoms with Gasteiger partial charge in [-0.3, -0.25) is 10.2 Å². The first-order chi connectivity index (χ1) is 10.8. The van der Waals surface area contributed by atoms with E-state index in [1.165, 1.54) is 0 Å². The number of amides is 1. The van der Waals surface area contributed by atoms with E-state index in [0.29, 0.717) is 23.8 Å². The van der Waals surface area contributed by atoms with Gasteiger partial charge in [0.2, 0.25) is 11.8 Å². The van der Waals surface area contributed by atoms with Crippen LogP contribution < -0.4 is 11.3 Å². The summed E-state index contributed by atoms with van der Waals surface area (Å²) in [4.78, 5) is 11.4. The maximum absolute atomic E-state index is 11.4. The average Bonchev–Trinajstić information content (AvgIpc) is 3.04. The van der Waals surface area contributed by atoms with Crippen LogP contribution >= 0.6 is 0 Å². The van der Waals surface area contributed by atoms with Crippen molar-refractivity contribution in [3.63, 3.8) is 0 Å². The molecule has 3 aromatic rings. The molecule has 0 unspecified atom stereocenters. The number of hydrazine groups is 1. The topological polar surface area (TPSA) is 94.0 Å². The van der Waals surface area contributed by atoms with Gasteiger partial charge in [0.25, 0.3) is 5.91 Å². The third-order valence-electron chi connectivity index (χ3n) is 3.19. The van der Waals surface area contributed by atoms with Gasteiger partial charge in [-0.05, 0) is 29.8 Å². The Hall–Kier alpha value is -2.99. The van der Waals surface area contributed by atoms with Crippen LogP contribution in [0.25, 0.3) is 11.5 Å². The van der Waals surface area contributed by atoms with E-state index in [9.17, 15) is 4.79 Å². The van der Waals surface area contributed by atoms with Crippen molar-refractivity contribution >= 4 is 5.91 Å². The van der Waals surface area contributed by atoms with Crippen LogP contribution in [-0.2, 0) is 6.42 Å². The molecule has 0 saturated heterocycles. The molecule has 0 aliphatic heterocycles. The second-order valence-electron chi connectivity index (χ2n) is 4.71. The molecule has 0 saturated carbocycles. The lowest BCUT2D eigenvalue weighted by Crippen LogP contribution is -2.29. The highest BCUT2D eigenvalue weighted by Gasteiger charge is 2.09. The molecule has 3 N–H and O–H groups in total. The molecule has 2 aromatic carbocycles. The SMILES string of the molecule is NNC(=O)c1ccc(Cc2nnc(-c3ccccc3)o2)cc1. The van der Waals surface area contributed by atoms with Crippen LogP contribution in [0.3, 0.4) is 0 Å². The minimum atomic E-state index is -0.323. The normalized spacial score (nSPS) is 10.4. The molecular weight excluding hydrogens is 280 g/mol. The molecule has 0 aliphatic rings. The molecule has 0 aliphatic carbocycles. The van der Waals surface area contributed by atoms with Gasteiger partial charge < -0.3 is 4.42 Å². The van der Waals surface area contributed by atoms with Gasteiger partial charge in [-0.2, -0.15) is 0 Å². The lowest BCUT2D eigenvalue weighted by atomic mass is 10.1. The molecule has 1 heterocycles. The summed E-state index contributed by atoms with van der Waals surface area (Å²) in [5.41, 5.74) is 4.45. The van der Waals surface area contributed by atoms with Crippen LogP contribution in [0.5, 0.6) is 0 Å². The van der Waals surface area contributed by atoms with Gasteiger partial charge in [0.05, 0.1) is 6.42 Å². The second-order valence-corrected chi connectivity index (χ2v) is 4.71. The van der Waals surface area contributed by atoms with Crippen molar-refractivity contribution in [1.82, 2.24) is 15.6 Å². The van der Waals surface area contributed by atoms with E-state index in [1.807, 2.05) is 42.5 Å². The largest absolute Gasteiger partial charge is 0.420 e. The first-order valence-corrected chi connectivity index (χ1v) is 6.74. The molecular formula is C16H14N4O2. The monoisotopic (exact) mass is 294 g/mol. The molecule has 0 fully saturated rings. The van der Waals surface area contributed by atoms with E-state index in [-0.39, 0.29) is 5.91 Å². The fourth-order valence-electron chi connectivity index (χ4n) is 2.05. The Morgan fingerprint density at radius 1 is 1.05 bits per heavy atom. The first kappa shape index (κ1) is 14.0. The van der Waals surface area contributed by atoms with Gasteiger partial charge in [-0.15, -0.1) is 10.2 Å². The lowest BCUT2D eigenvalue weighted by molar-refractivity contribution is 0.0953. The molecule has 1 amide bonds. The summed E-state index contributed by atoms with van der Waals surface area (Å²) in [6.45, 7) is 0. The summed E-state index contributed by atoms with van der Waals surface area (Å²) in [5.74, 6) is 5.79. The summed E-state index contributed by atoms with van der Waals surface area (Å²) >= 11 is 0. The Morgan fingerprint density at radius 2 is 1.77 bits per heavy atom. The fourth-order valence-corrected chi connectivity index (χ4v) is 2.05. The highest BCUT2D eigenvalue weighted by atomic mass is 16.4. The van der Waals surface area contributed by atoms with Crippen LogP contribution in [0, 0.1) is 0 Å². The number of nitrogens with zero attached hydrogens (tertiary/aromatic N) is 2. The molecule has 6 nitrogen and oxygen atoms in total. The van der Waals surface area contributed by atoms with Crippen molar-refractivity contribution in [2.24, 2.45) is 5.84 Å². The lowest BCUT2D eigenvalue weighted by Gasteiger charge is -2.01. The quantitative estimate of drug-likeness (QED) is 0.435. The Balaban J connectivity index is 1.74. The summed E-state index contributed by atoms with van der Waals surface area (Å²) in [5, 5.41) is 8.09. The van der Waals surface area contributed by atoms with Gasteiger partial charge in [-0.25, -0.2) is 5.84 Å². The number of carbonyl (C=O) groups excluding carboxylic acids is 1. The third kappa shape index (κ3) is 3.02. The molecule has 3 rings (SSSR count). The predicted octanol–water partition coefficient (Wildman–Crippen LogP) is 1.93. The summed E-state index contributed by atoms with van der Waals surface area (Å²) < 4.78 is 5.65. The van der Waals surface area contributed by atoms with E-state index >= 15 is 0 Å². The van der Waals surface area contributed by atoms with Gasteiger partial charge in [-0.1, -0.05) is 30.3 Å². The van der Waals surface area contributed by atoms with Crippen molar-refractivity contribution in [3.05, 3.63) is 71.6 Å². The number of nitrogen functional groups attached to an aromatic ring is 1. The van der Waals surface area contributed by atoms with Crippen molar-refractivity contribution in [2.45, 2.75) is 6.42 Å². The number of benzene rings is 2. The number of aromatic nitrogens is 2. The number of nitrogens with two attached hydrogens (primary N) is 1. The fraction of sp³-hybridized carbons (Fsp3) is 0.0625. The third-order valence-corrected chi connectivity index (χ3v) is 3.19. The zero-order chi connectivity index (χ0) is 15.4. The molecule has 0 radical (unpaired) electrons. The van der Waals surface area contributed by atoms with Crippen LogP contribution in [0.1, 0.15) is 21.8 Å². The molecule has 0 atom stereocenters. The Kier molecular flexibility index (Phi) is 3.93. The Morgan fingerprint density at radius 3 is 2.45 bits per heavy atom. The summed E-state index contributed by atoms with van der Waals surface area (Å²) in [6.07, 6.45) is 0.504. The highest BCUT2D eigenvalue weighted by Crippen LogP contribution is 2.18. The van der Waals surface area contributed by atoms with Crippen LogP contribution in [0.15, 0.2) is 59.0 Å². The van der Waals surface area contributed by atoms with Crippen LogP contribution in [0.4, 0.5) is 0 Å².